The van der Waals surface area contributed by atoms with Gasteiger partial charge in [-0.25, -0.2) is 0 Å². The Morgan fingerprint density at radius 3 is 2.70 bits per heavy atom. The molecule has 0 saturated heterocycles. The first kappa shape index (κ1) is 10.2. The second-order valence-electron chi connectivity index (χ2n) is 2.27. The van der Waals surface area contributed by atoms with Gasteiger partial charge in [0.05, 0.1) is 0 Å². The number of alkyl halides is 1. The minimum Gasteiger partial charge on any atom is -0.356 e. The maximum atomic E-state index is 10.7. The molecule has 0 aromatic rings. The highest BCUT2D eigenvalue weighted by molar-refractivity contribution is 14.1. The fourth-order valence-corrected chi connectivity index (χ4v) is 0.847. The van der Waals surface area contributed by atoms with Crippen molar-refractivity contribution in [3.05, 3.63) is 0 Å². The van der Waals surface area contributed by atoms with Crippen LogP contribution in [0.3, 0.4) is 0 Å². The average molecular weight is 255 g/mol. The summed E-state index contributed by atoms with van der Waals surface area (Å²) in [5.74, 6) is 0.150. The van der Waals surface area contributed by atoms with E-state index in [1.807, 2.05) is 6.92 Å². The molecule has 0 aliphatic heterocycles. The number of carbonyl (C=O) groups excluding carboxylic acids is 1. The molecular weight excluding hydrogens is 241 g/mol. The van der Waals surface area contributed by atoms with E-state index in [0.29, 0.717) is 10.3 Å². The minimum absolute atomic E-state index is 0.150. The van der Waals surface area contributed by atoms with E-state index in [9.17, 15) is 4.79 Å². The molecule has 0 rings (SSSR count). The Kier molecular flexibility index (Phi) is 6.06. The van der Waals surface area contributed by atoms with Crippen LogP contribution in [-0.2, 0) is 4.79 Å². The van der Waals surface area contributed by atoms with Crippen molar-refractivity contribution in [3.8, 4) is 0 Å². The van der Waals surface area contributed by atoms with Gasteiger partial charge in [0.1, 0.15) is 0 Å². The molecule has 0 aromatic heterocycles. The zero-order valence-corrected chi connectivity index (χ0v) is 8.64. The van der Waals surface area contributed by atoms with Gasteiger partial charge in [0.15, 0.2) is 0 Å². The molecule has 0 bridgehead atoms. The fourth-order valence-electron chi connectivity index (χ4n) is 0.535. The second kappa shape index (κ2) is 5.95. The third-order valence-electron chi connectivity index (χ3n) is 1.19. The molecule has 1 N–H and O–H groups in total. The maximum Gasteiger partial charge on any atom is 0.219 e. The van der Waals surface area contributed by atoms with Crippen molar-refractivity contribution in [2.75, 3.05) is 6.54 Å². The van der Waals surface area contributed by atoms with Gasteiger partial charge in [0.2, 0.25) is 5.91 Å². The molecule has 0 heterocycles. The Balaban J connectivity index is 3.12. The predicted molar refractivity (Wildman–Crippen MR) is 51.4 cm³/mol. The van der Waals surface area contributed by atoms with Crippen LogP contribution in [0.15, 0.2) is 0 Å². The lowest BCUT2D eigenvalue weighted by Crippen LogP contribution is -2.24. The van der Waals surface area contributed by atoms with Crippen LogP contribution in [0.2, 0.25) is 0 Å². The van der Waals surface area contributed by atoms with Crippen LogP contribution in [-0.4, -0.2) is 16.4 Å². The van der Waals surface area contributed by atoms with Crippen LogP contribution in [0.25, 0.3) is 0 Å². The van der Waals surface area contributed by atoms with Gasteiger partial charge in [0, 0.05) is 16.9 Å². The zero-order valence-electron chi connectivity index (χ0n) is 6.48. The van der Waals surface area contributed by atoms with Gasteiger partial charge in [-0.05, 0) is 6.42 Å². The van der Waals surface area contributed by atoms with Crippen molar-refractivity contribution in [2.45, 2.75) is 30.6 Å². The average Bonchev–Trinajstić information content (AvgIpc) is 1.87. The van der Waals surface area contributed by atoms with Gasteiger partial charge in [0.25, 0.3) is 0 Å². The highest BCUT2D eigenvalue weighted by atomic mass is 127. The number of hydrogen-bond donors (Lipinski definition) is 1. The Morgan fingerprint density at radius 2 is 2.30 bits per heavy atom. The molecule has 0 aromatic carbocycles. The van der Waals surface area contributed by atoms with Crippen LogP contribution in [0, 0.1) is 0 Å². The number of hydrogen-bond acceptors (Lipinski definition) is 1. The molecule has 0 fully saturated rings. The first-order valence-electron chi connectivity index (χ1n) is 3.57. The molecule has 1 unspecified atom stereocenters. The van der Waals surface area contributed by atoms with E-state index in [-0.39, 0.29) is 5.91 Å². The highest BCUT2D eigenvalue weighted by Gasteiger charge is 1.97. The van der Waals surface area contributed by atoms with Gasteiger partial charge in [-0.1, -0.05) is 36.4 Å². The van der Waals surface area contributed by atoms with Crippen molar-refractivity contribution in [3.63, 3.8) is 0 Å². The molecule has 0 saturated carbocycles. The molecule has 60 valence electrons. The molecule has 1 atom stereocenters. The Bertz CT molecular complexity index is 104. The second-order valence-corrected chi connectivity index (χ2v) is 4.40. The van der Waals surface area contributed by atoms with Crippen LogP contribution < -0.4 is 5.32 Å². The summed E-state index contributed by atoms with van der Waals surface area (Å²) in [7, 11) is 0. The Morgan fingerprint density at radius 1 is 1.70 bits per heavy atom. The third kappa shape index (κ3) is 6.32. The molecule has 0 aliphatic rings. The lowest BCUT2D eigenvalue weighted by Gasteiger charge is -2.03. The van der Waals surface area contributed by atoms with Crippen molar-refractivity contribution in [2.24, 2.45) is 0 Å². The van der Waals surface area contributed by atoms with Gasteiger partial charge in [-0.2, -0.15) is 0 Å². The lowest BCUT2D eigenvalue weighted by molar-refractivity contribution is -0.120. The monoisotopic (exact) mass is 255 g/mol. The van der Waals surface area contributed by atoms with Crippen LogP contribution >= 0.6 is 22.6 Å². The summed E-state index contributed by atoms with van der Waals surface area (Å²) in [5.41, 5.74) is 0. The van der Waals surface area contributed by atoms with E-state index in [4.69, 9.17) is 0 Å². The van der Waals surface area contributed by atoms with Crippen molar-refractivity contribution in [1.29, 1.82) is 0 Å². The van der Waals surface area contributed by atoms with Gasteiger partial charge in [-0.3, -0.25) is 4.79 Å². The molecule has 10 heavy (non-hydrogen) atoms. The summed E-state index contributed by atoms with van der Waals surface area (Å²) >= 11 is 2.35. The first-order chi connectivity index (χ1) is 4.66. The largest absolute Gasteiger partial charge is 0.356 e. The SMILES string of the molecule is CCC(=O)NCCC(C)I. The standard InChI is InChI=1S/C7H14INO/c1-3-7(10)9-5-4-6(2)8/h6H,3-5H2,1-2H3,(H,9,10). The summed E-state index contributed by atoms with van der Waals surface area (Å²) < 4.78 is 0.648. The zero-order chi connectivity index (χ0) is 7.98. The summed E-state index contributed by atoms with van der Waals surface area (Å²) in [6.07, 6.45) is 1.65. The molecule has 0 radical (unpaired) electrons. The first-order valence-corrected chi connectivity index (χ1v) is 4.82. The smallest absolute Gasteiger partial charge is 0.219 e. The van der Waals surface area contributed by atoms with Gasteiger partial charge < -0.3 is 5.32 Å². The fraction of sp³-hybridized carbons (Fsp3) is 0.857. The summed E-state index contributed by atoms with van der Waals surface area (Å²) in [5, 5.41) is 2.82. The van der Waals surface area contributed by atoms with Crippen LogP contribution in [0.5, 0.6) is 0 Å². The lowest BCUT2D eigenvalue weighted by atomic mass is 10.3. The normalized spacial score (nSPS) is 12.7. The third-order valence-corrected chi connectivity index (χ3v) is 1.81. The van der Waals surface area contributed by atoms with Crippen LogP contribution in [0.4, 0.5) is 0 Å². The van der Waals surface area contributed by atoms with E-state index in [2.05, 4.69) is 34.8 Å². The molecule has 3 heteroatoms. The highest BCUT2D eigenvalue weighted by Crippen LogP contribution is 2.01. The van der Waals surface area contributed by atoms with E-state index in [1.54, 1.807) is 0 Å². The summed E-state index contributed by atoms with van der Waals surface area (Å²) in [6, 6.07) is 0. The van der Waals surface area contributed by atoms with E-state index >= 15 is 0 Å². The topological polar surface area (TPSA) is 29.1 Å². The van der Waals surface area contributed by atoms with E-state index in [0.717, 1.165) is 13.0 Å². The molecule has 1 amide bonds. The van der Waals surface area contributed by atoms with Gasteiger partial charge >= 0.3 is 0 Å². The quantitative estimate of drug-likeness (QED) is 0.601. The molecule has 0 aliphatic carbocycles. The van der Waals surface area contributed by atoms with Crippen molar-refractivity contribution >= 4 is 28.5 Å². The molecule has 2 nitrogen and oxygen atoms in total. The Labute approximate surface area is 75.9 Å². The number of rotatable bonds is 4. The maximum absolute atomic E-state index is 10.7. The molecular formula is C7H14INO. The van der Waals surface area contributed by atoms with Crippen molar-refractivity contribution < 1.29 is 4.79 Å². The number of carbonyl (C=O) groups is 1. The van der Waals surface area contributed by atoms with E-state index in [1.165, 1.54) is 0 Å². The minimum atomic E-state index is 0.150. The van der Waals surface area contributed by atoms with Gasteiger partial charge in [-0.15, -0.1) is 0 Å². The molecule has 0 spiro atoms. The number of amides is 1. The van der Waals surface area contributed by atoms with Crippen molar-refractivity contribution in [1.82, 2.24) is 5.32 Å². The number of nitrogens with one attached hydrogen (secondary N) is 1. The summed E-state index contributed by atoms with van der Waals surface area (Å²) in [6.45, 7) is 4.82. The van der Waals surface area contributed by atoms with E-state index < -0.39 is 0 Å². The predicted octanol–water partition coefficient (Wildman–Crippen LogP) is 1.73. The van der Waals surface area contributed by atoms with Crippen LogP contribution in [0.1, 0.15) is 26.7 Å². The summed E-state index contributed by atoms with van der Waals surface area (Å²) in [4.78, 5) is 10.7. The number of halogens is 1. The Hall–Kier alpha value is 0.200.